The molecule has 1 aromatic heterocycles. The van der Waals surface area contributed by atoms with E-state index in [2.05, 4.69) is 36.5 Å². The minimum absolute atomic E-state index is 0.111. The highest BCUT2D eigenvalue weighted by molar-refractivity contribution is 9.10. The number of hydrogen-bond acceptors (Lipinski definition) is 6. The molecule has 110 valence electrons. The summed E-state index contributed by atoms with van der Waals surface area (Å²) in [4.78, 5) is 18.5. The Labute approximate surface area is 134 Å². The Morgan fingerprint density at radius 1 is 1.38 bits per heavy atom. The molecule has 0 bridgehead atoms. The number of nitro groups is 1. The van der Waals surface area contributed by atoms with Crippen LogP contribution in [0.1, 0.15) is 6.92 Å². The Morgan fingerprint density at radius 3 is 2.71 bits per heavy atom. The van der Waals surface area contributed by atoms with E-state index in [1.54, 1.807) is 18.2 Å². The monoisotopic (exact) mass is 371 g/mol. The van der Waals surface area contributed by atoms with Crippen molar-refractivity contribution in [3.05, 3.63) is 44.1 Å². The number of hydrogen-bond donors (Lipinski definition) is 2. The Bertz CT molecular complexity index is 683. The second-order valence-corrected chi connectivity index (χ2v) is 5.22. The SMILES string of the molecule is CCNc1ncnc(Nc2ccc(Cl)c(Br)c2)c1[N+](=O)[O-]. The highest BCUT2D eigenvalue weighted by atomic mass is 79.9. The summed E-state index contributed by atoms with van der Waals surface area (Å²) in [6.45, 7) is 2.35. The van der Waals surface area contributed by atoms with Crippen LogP contribution in [0.25, 0.3) is 0 Å². The first-order valence-electron chi connectivity index (χ1n) is 5.98. The minimum Gasteiger partial charge on any atom is -0.364 e. The zero-order chi connectivity index (χ0) is 15.4. The number of halogens is 2. The highest BCUT2D eigenvalue weighted by Crippen LogP contribution is 2.32. The highest BCUT2D eigenvalue weighted by Gasteiger charge is 2.22. The minimum atomic E-state index is -0.523. The van der Waals surface area contributed by atoms with Crippen molar-refractivity contribution >= 4 is 50.5 Å². The summed E-state index contributed by atoms with van der Waals surface area (Å²) in [5.74, 6) is 0.285. The predicted octanol–water partition coefficient (Wildman–Crippen LogP) is 3.98. The van der Waals surface area contributed by atoms with Crippen LogP contribution in [0, 0.1) is 10.1 Å². The van der Waals surface area contributed by atoms with Crippen molar-refractivity contribution in [2.45, 2.75) is 6.92 Å². The molecular formula is C12H11BrClN5O2. The van der Waals surface area contributed by atoms with Gasteiger partial charge in [0.25, 0.3) is 0 Å². The van der Waals surface area contributed by atoms with Crippen LogP contribution in [-0.4, -0.2) is 21.4 Å². The average Bonchev–Trinajstić information content (AvgIpc) is 2.43. The van der Waals surface area contributed by atoms with E-state index < -0.39 is 4.92 Å². The van der Waals surface area contributed by atoms with E-state index in [9.17, 15) is 10.1 Å². The lowest BCUT2D eigenvalue weighted by atomic mass is 10.3. The number of nitrogens with zero attached hydrogens (tertiary/aromatic N) is 3. The van der Waals surface area contributed by atoms with Gasteiger partial charge in [0.05, 0.1) is 9.95 Å². The summed E-state index contributed by atoms with van der Waals surface area (Å²) in [7, 11) is 0. The fourth-order valence-electron chi connectivity index (χ4n) is 1.65. The van der Waals surface area contributed by atoms with Crippen molar-refractivity contribution in [2.75, 3.05) is 17.2 Å². The lowest BCUT2D eigenvalue weighted by Crippen LogP contribution is -2.07. The van der Waals surface area contributed by atoms with Gasteiger partial charge in [0, 0.05) is 16.7 Å². The van der Waals surface area contributed by atoms with Gasteiger partial charge in [-0.1, -0.05) is 11.6 Å². The molecule has 0 fully saturated rings. The molecule has 9 heteroatoms. The summed E-state index contributed by atoms with van der Waals surface area (Å²) in [5.41, 5.74) is 0.418. The molecule has 2 rings (SSSR count). The van der Waals surface area contributed by atoms with Gasteiger partial charge in [-0.25, -0.2) is 9.97 Å². The zero-order valence-corrected chi connectivity index (χ0v) is 13.3. The topological polar surface area (TPSA) is 93.0 Å². The molecule has 0 aliphatic rings. The Balaban J connectivity index is 2.41. The lowest BCUT2D eigenvalue weighted by Gasteiger charge is -2.09. The molecule has 1 heterocycles. The Morgan fingerprint density at radius 2 is 2.10 bits per heavy atom. The maximum Gasteiger partial charge on any atom is 0.353 e. The number of rotatable bonds is 5. The normalized spacial score (nSPS) is 10.2. The molecule has 0 atom stereocenters. The maximum atomic E-state index is 11.2. The van der Waals surface area contributed by atoms with Crippen LogP contribution in [0.15, 0.2) is 29.0 Å². The Kier molecular flexibility index (Phi) is 4.92. The molecule has 2 N–H and O–H groups in total. The average molecular weight is 373 g/mol. The van der Waals surface area contributed by atoms with Crippen LogP contribution >= 0.6 is 27.5 Å². The van der Waals surface area contributed by atoms with E-state index in [0.29, 0.717) is 21.7 Å². The summed E-state index contributed by atoms with van der Waals surface area (Å²) in [6, 6.07) is 5.08. The van der Waals surface area contributed by atoms with E-state index in [-0.39, 0.29) is 17.3 Å². The zero-order valence-electron chi connectivity index (χ0n) is 10.9. The molecule has 2 aromatic rings. The van der Waals surface area contributed by atoms with Crippen molar-refractivity contribution in [1.82, 2.24) is 9.97 Å². The molecule has 7 nitrogen and oxygen atoms in total. The van der Waals surface area contributed by atoms with Crippen molar-refractivity contribution < 1.29 is 4.92 Å². The summed E-state index contributed by atoms with van der Waals surface area (Å²) < 4.78 is 0.679. The van der Waals surface area contributed by atoms with E-state index >= 15 is 0 Å². The van der Waals surface area contributed by atoms with Gasteiger partial charge in [-0.15, -0.1) is 0 Å². The molecule has 0 saturated carbocycles. The molecule has 0 unspecified atom stereocenters. The summed E-state index contributed by atoms with van der Waals surface area (Å²) in [5, 5.41) is 17.5. The van der Waals surface area contributed by atoms with Crippen LogP contribution in [0.3, 0.4) is 0 Å². The number of benzene rings is 1. The molecule has 0 spiro atoms. The number of nitrogens with one attached hydrogen (secondary N) is 2. The van der Waals surface area contributed by atoms with Crippen molar-refractivity contribution in [3.8, 4) is 0 Å². The first-order chi connectivity index (χ1) is 10.0. The van der Waals surface area contributed by atoms with Gasteiger partial charge in [0.2, 0.25) is 11.6 Å². The quantitative estimate of drug-likeness (QED) is 0.609. The van der Waals surface area contributed by atoms with Crippen LogP contribution < -0.4 is 10.6 Å². The standard InChI is InChI=1S/C12H11BrClN5O2/c1-2-15-11-10(19(20)21)12(17-6-16-11)18-7-3-4-9(14)8(13)5-7/h3-6H,2H2,1H3,(H2,15,16,17,18). The largest absolute Gasteiger partial charge is 0.364 e. The van der Waals surface area contributed by atoms with Crippen LogP contribution in [0.4, 0.5) is 23.0 Å². The second-order valence-electron chi connectivity index (χ2n) is 3.96. The van der Waals surface area contributed by atoms with E-state index in [0.717, 1.165) is 0 Å². The third-order valence-electron chi connectivity index (χ3n) is 2.53. The molecule has 0 aliphatic heterocycles. The van der Waals surface area contributed by atoms with Gasteiger partial charge in [-0.2, -0.15) is 0 Å². The van der Waals surface area contributed by atoms with Gasteiger partial charge in [0.1, 0.15) is 6.33 Å². The molecule has 0 aliphatic carbocycles. The molecule has 21 heavy (non-hydrogen) atoms. The fourth-order valence-corrected chi connectivity index (χ4v) is 2.15. The van der Waals surface area contributed by atoms with E-state index in [4.69, 9.17) is 11.6 Å². The number of aromatic nitrogens is 2. The first kappa shape index (κ1) is 15.5. The second kappa shape index (κ2) is 6.68. The summed E-state index contributed by atoms with van der Waals surface area (Å²) in [6.07, 6.45) is 1.26. The fraction of sp³-hybridized carbons (Fsp3) is 0.167. The van der Waals surface area contributed by atoms with Gasteiger partial charge in [-0.3, -0.25) is 10.1 Å². The van der Waals surface area contributed by atoms with Crippen LogP contribution in [-0.2, 0) is 0 Å². The van der Waals surface area contributed by atoms with Gasteiger partial charge >= 0.3 is 5.69 Å². The smallest absolute Gasteiger partial charge is 0.353 e. The van der Waals surface area contributed by atoms with Crippen molar-refractivity contribution in [1.29, 1.82) is 0 Å². The molecular weight excluding hydrogens is 362 g/mol. The molecule has 0 saturated heterocycles. The van der Waals surface area contributed by atoms with E-state index in [1.807, 2.05) is 6.92 Å². The van der Waals surface area contributed by atoms with Crippen molar-refractivity contribution in [3.63, 3.8) is 0 Å². The van der Waals surface area contributed by atoms with E-state index in [1.165, 1.54) is 6.33 Å². The van der Waals surface area contributed by atoms with Gasteiger partial charge in [0.15, 0.2) is 0 Å². The van der Waals surface area contributed by atoms with Crippen molar-refractivity contribution in [2.24, 2.45) is 0 Å². The lowest BCUT2D eigenvalue weighted by molar-refractivity contribution is -0.383. The maximum absolute atomic E-state index is 11.2. The first-order valence-corrected chi connectivity index (χ1v) is 7.15. The molecule has 1 aromatic carbocycles. The van der Waals surface area contributed by atoms with Crippen LogP contribution in [0.5, 0.6) is 0 Å². The van der Waals surface area contributed by atoms with Gasteiger partial charge < -0.3 is 10.6 Å². The predicted molar refractivity (Wildman–Crippen MR) is 85.3 cm³/mol. The third kappa shape index (κ3) is 3.59. The number of anilines is 3. The Hall–Kier alpha value is -1.93. The van der Waals surface area contributed by atoms with Gasteiger partial charge in [-0.05, 0) is 41.1 Å². The summed E-state index contributed by atoms with van der Waals surface area (Å²) >= 11 is 9.21. The third-order valence-corrected chi connectivity index (χ3v) is 3.75. The molecule has 0 amide bonds. The molecule has 0 radical (unpaired) electrons. The van der Waals surface area contributed by atoms with Crippen LogP contribution in [0.2, 0.25) is 5.02 Å².